The van der Waals surface area contributed by atoms with Crippen LogP contribution in [0.5, 0.6) is 0 Å². The first-order valence-electron chi connectivity index (χ1n) is 8.29. The van der Waals surface area contributed by atoms with Crippen LogP contribution >= 0.6 is 0 Å². The fourth-order valence-corrected chi connectivity index (χ4v) is 3.13. The molecule has 0 radical (unpaired) electrons. The van der Waals surface area contributed by atoms with E-state index in [1.165, 1.54) is 6.07 Å². The summed E-state index contributed by atoms with van der Waals surface area (Å²) in [5.41, 5.74) is -0.0491. The number of carbonyl (C=O) groups is 3. The van der Waals surface area contributed by atoms with Crippen molar-refractivity contribution in [3.8, 4) is 0 Å². The number of ketones is 3. The van der Waals surface area contributed by atoms with Gasteiger partial charge in [-0.3, -0.25) is 19.4 Å². The molecule has 1 aromatic heterocycles. The van der Waals surface area contributed by atoms with Crippen LogP contribution < -0.4 is 0 Å². The number of alkyl halides is 2. The molecule has 0 aliphatic heterocycles. The molecule has 1 saturated carbocycles. The fraction of sp³-hybridized carbons (Fsp3) is 0.556. The summed E-state index contributed by atoms with van der Waals surface area (Å²) in [5.74, 6) is -2.92. The standard InChI is InChI=1S/C18H21F2NO3/c1-3-5-12-11(7-8-13(21-12)18(19)20)17(24)15-14(22)9-6-10(4-2)16(15)23/h7-8,10,15,18H,3-6,9H2,1-2H3. The molecule has 0 amide bonds. The topological polar surface area (TPSA) is 64.1 Å². The van der Waals surface area contributed by atoms with E-state index in [0.29, 0.717) is 25.7 Å². The van der Waals surface area contributed by atoms with E-state index in [4.69, 9.17) is 0 Å². The van der Waals surface area contributed by atoms with Gasteiger partial charge in [-0.05, 0) is 31.4 Å². The van der Waals surface area contributed by atoms with Crippen LogP contribution in [0.3, 0.4) is 0 Å². The van der Waals surface area contributed by atoms with Gasteiger partial charge < -0.3 is 0 Å². The summed E-state index contributed by atoms with van der Waals surface area (Å²) in [6.45, 7) is 3.69. The zero-order chi connectivity index (χ0) is 17.9. The van der Waals surface area contributed by atoms with E-state index < -0.39 is 23.8 Å². The lowest BCUT2D eigenvalue weighted by Gasteiger charge is -2.25. The normalized spacial score (nSPS) is 21.4. The van der Waals surface area contributed by atoms with E-state index in [1.807, 2.05) is 13.8 Å². The Morgan fingerprint density at radius 2 is 2.00 bits per heavy atom. The molecule has 0 N–H and O–H groups in total. The predicted octanol–water partition coefficient (Wildman–Crippen LogP) is 3.73. The highest BCUT2D eigenvalue weighted by Crippen LogP contribution is 2.29. The molecule has 6 heteroatoms. The lowest BCUT2D eigenvalue weighted by atomic mass is 9.74. The third kappa shape index (κ3) is 3.57. The number of hydrogen-bond acceptors (Lipinski definition) is 4. The summed E-state index contributed by atoms with van der Waals surface area (Å²) < 4.78 is 25.7. The lowest BCUT2D eigenvalue weighted by Crippen LogP contribution is -2.40. The number of rotatable bonds is 6. The highest BCUT2D eigenvalue weighted by Gasteiger charge is 2.41. The molecule has 1 heterocycles. The number of carbonyl (C=O) groups excluding carboxylic acids is 3. The van der Waals surface area contributed by atoms with Gasteiger partial charge in [0.2, 0.25) is 0 Å². The number of hydrogen-bond donors (Lipinski definition) is 0. The van der Waals surface area contributed by atoms with Crippen molar-refractivity contribution < 1.29 is 23.2 Å². The monoisotopic (exact) mass is 337 g/mol. The minimum absolute atomic E-state index is 0.115. The summed E-state index contributed by atoms with van der Waals surface area (Å²) in [5, 5.41) is 0. The number of aryl methyl sites for hydroxylation is 1. The van der Waals surface area contributed by atoms with Crippen molar-refractivity contribution >= 4 is 17.3 Å². The maximum absolute atomic E-state index is 12.8. The molecule has 0 spiro atoms. The molecule has 1 aromatic rings. The van der Waals surface area contributed by atoms with Crippen molar-refractivity contribution in [1.82, 2.24) is 4.98 Å². The van der Waals surface area contributed by atoms with Crippen LogP contribution in [0, 0.1) is 11.8 Å². The average molecular weight is 337 g/mol. The van der Waals surface area contributed by atoms with Crippen LogP contribution in [0.4, 0.5) is 8.78 Å². The summed E-state index contributed by atoms with van der Waals surface area (Å²) >= 11 is 0. The number of halogens is 2. The van der Waals surface area contributed by atoms with Gasteiger partial charge >= 0.3 is 0 Å². The van der Waals surface area contributed by atoms with E-state index in [-0.39, 0.29) is 35.2 Å². The first-order chi connectivity index (χ1) is 11.4. The van der Waals surface area contributed by atoms with Gasteiger partial charge in [-0.1, -0.05) is 20.3 Å². The first-order valence-corrected chi connectivity index (χ1v) is 8.29. The largest absolute Gasteiger partial charge is 0.298 e. The van der Waals surface area contributed by atoms with Gasteiger partial charge in [-0.25, -0.2) is 8.78 Å². The van der Waals surface area contributed by atoms with Gasteiger partial charge in [0.15, 0.2) is 17.3 Å². The highest BCUT2D eigenvalue weighted by atomic mass is 19.3. The SMILES string of the molecule is CCCc1nc(C(F)F)ccc1C(=O)C1C(=O)CCC(CC)C1=O. The first kappa shape index (κ1) is 18.4. The Hall–Kier alpha value is -1.98. The van der Waals surface area contributed by atoms with Crippen LogP contribution in [0.2, 0.25) is 0 Å². The Morgan fingerprint density at radius 1 is 1.29 bits per heavy atom. The molecule has 0 bridgehead atoms. The van der Waals surface area contributed by atoms with Gasteiger partial charge in [0.1, 0.15) is 11.6 Å². The van der Waals surface area contributed by atoms with Gasteiger partial charge in [0.05, 0.1) is 5.69 Å². The van der Waals surface area contributed by atoms with Crippen LogP contribution in [-0.2, 0) is 16.0 Å². The van der Waals surface area contributed by atoms with Crippen molar-refractivity contribution in [1.29, 1.82) is 0 Å². The second-order valence-electron chi connectivity index (χ2n) is 6.09. The quantitative estimate of drug-likeness (QED) is 0.586. The van der Waals surface area contributed by atoms with E-state index in [0.717, 1.165) is 6.07 Å². The molecule has 1 fully saturated rings. The maximum Gasteiger partial charge on any atom is 0.280 e. The van der Waals surface area contributed by atoms with Crippen molar-refractivity contribution in [2.75, 3.05) is 0 Å². The Balaban J connectivity index is 2.40. The molecule has 1 aliphatic carbocycles. The molecule has 130 valence electrons. The number of nitrogens with zero attached hydrogens (tertiary/aromatic N) is 1. The predicted molar refractivity (Wildman–Crippen MR) is 84.0 cm³/mol. The Labute approximate surface area is 139 Å². The van der Waals surface area contributed by atoms with E-state index in [9.17, 15) is 23.2 Å². The Kier molecular flexibility index (Phi) is 5.91. The number of aromatic nitrogens is 1. The second-order valence-corrected chi connectivity index (χ2v) is 6.09. The second kappa shape index (κ2) is 7.73. The molecule has 0 saturated heterocycles. The number of Topliss-reactive ketones (excluding diaryl/α,β-unsaturated/α-hetero) is 3. The fourth-order valence-electron chi connectivity index (χ4n) is 3.13. The maximum atomic E-state index is 12.8. The van der Waals surface area contributed by atoms with Crippen molar-refractivity contribution in [2.45, 2.75) is 52.4 Å². The Bertz CT molecular complexity index is 658. The zero-order valence-corrected chi connectivity index (χ0v) is 13.9. The van der Waals surface area contributed by atoms with E-state index in [2.05, 4.69) is 4.98 Å². The van der Waals surface area contributed by atoms with Crippen molar-refractivity contribution in [3.05, 3.63) is 29.1 Å². The van der Waals surface area contributed by atoms with Gasteiger partial charge in [-0.15, -0.1) is 0 Å². The van der Waals surface area contributed by atoms with Gasteiger partial charge in [0.25, 0.3) is 6.43 Å². The molecule has 2 rings (SSSR count). The summed E-state index contributed by atoms with van der Waals surface area (Å²) in [6.07, 6.45) is -0.514. The molecular formula is C18H21F2NO3. The molecule has 0 aromatic carbocycles. The average Bonchev–Trinajstić information content (AvgIpc) is 2.55. The van der Waals surface area contributed by atoms with E-state index >= 15 is 0 Å². The van der Waals surface area contributed by atoms with Crippen LogP contribution in [0.15, 0.2) is 12.1 Å². The van der Waals surface area contributed by atoms with Gasteiger partial charge in [0, 0.05) is 17.9 Å². The minimum Gasteiger partial charge on any atom is -0.298 e. The molecule has 1 aliphatic rings. The molecule has 2 unspecified atom stereocenters. The van der Waals surface area contributed by atoms with Crippen LogP contribution in [-0.4, -0.2) is 22.3 Å². The smallest absolute Gasteiger partial charge is 0.280 e. The van der Waals surface area contributed by atoms with Crippen LogP contribution in [0.25, 0.3) is 0 Å². The molecule has 4 nitrogen and oxygen atoms in total. The third-order valence-corrected chi connectivity index (χ3v) is 4.47. The summed E-state index contributed by atoms with van der Waals surface area (Å²) in [7, 11) is 0. The van der Waals surface area contributed by atoms with Crippen molar-refractivity contribution in [3.63, 3.8) is 0 Å². The lowest BCUT2D eigenvalue weighted by molar-refractivity contribution is -0.136. The van der Waals surface area contributed by atoms with E-state index in [1.54, 1.807) is 0 Å². The van der Waals surface area contributed by atoms with Crippen LogP contribution in [0.1, 0.15) is 67.7 Å². The third-order valence-electron chi connectivity index (χ3n) is 4.47. The zero-order valence-electron chi connectivity index (χ0n) is 13.9. The Morgan fingerprint density at radius 3 is 2.58 bits per heavy atom. The molecular weight excluding hydrogens is 316 g/mol. The molecule has 24 heavy (non-hydrogen) atoms. The van der Waals surface area contributed by atoms with Crippen molar-refractivity contribution in [2.24, 2.45) is 11.8 Å². The highest BCUT2D eigenvalue weighted by molar-refractivity contribution is 6.25. The summed E-state index contributed by atoms with van der Waals surface area (Å²) in [4.78, 5) is 41.3. The summed E-state index contributed by atoms with van der Waals surface area (Å²) in [6, 6.07) is 2.37. The minimum atomic E-state index is -2.73. The molecule has 2 atom stereocenters. The van der Waals surface area contributed by atoms with Gasteiger partial charge in [-0.2, -0.15) is 0 Å². The number of pyridine rings is 1.